The maximum Gasteiger partial charge on any atom is 0.313 e. The second-order valence-corrected chi connectivity index (χ2v) is 6.78. The molecule has 1 saturated carbocycles. The van der Waals surface area contributed by atoms with E-state index in [1.54, 1.807) is 18.2 Å². The minimum atomic E-state index is -1.18. The SMILES string of the molecule is O=C(O)C(c1cccc(OCc2ccccc2)c1)C1(O)CCCCC1. The molecule has 2 N–H and O–H groups in total. The summed E-state index contributed by atoms with van der Waals surface area (Å²) in [7, 11) is 0. The summed E-state index contributed by atoms with van der Waals surface area (Å²) < 4.78 is 5.81. The molecule has 1 aliphatic rings. The highest BCUT2D eigenvalue weighted by molar-refractivity contribution is 5.78. The topological polar surface area (TPSA) is 66.8 Å². The highest BCUT2D eigenvalue weighted by Crippen LogP contribution is 2.40. The lowest BCUT2D eigenvalue weighted by Gasteiger charge is -2.37. The molecule has 0 aromatic heterocycles. The molecule has 1 fully saturated rings. The number of hydrogen-bond acceptors (Lipinski definition) is 3. The van der Waals surface area contributed by atoms with E-state index in [1.165, 1.54) is 0 Å². The van der Waals surface area contributed by atoms with Gasteiger partial charge in [0.25, 0.3) is 0 Å². The Morgan fingerprint density at radius 2 is 1.76 bits per heavy atom. The molecule has 2 aromatic carbocycles. The minimum Gasteiger partial charge on any atom is -0.489 e. The predicted molar refractivity (Wildman–Crippen MR) is 95.6 cm³/mol. The van der Waals surface area contributed by atoms with Crippen LogP contribution >= 0.6 is 0 Å². The Labute approximate surface area is 148 Å². The predicted octanol–water partition coefficient (Wildman–Crippen LogP) is 4.13. The average Bonchev–Trinajstić information content (AvgIpc) is 2.61. The Morgan fingerprint density at radius 3 is 2.44 bits per heavy atom. The second kappa shape index (κ2) is 7.70. The van der Waals surface area contributed by atoms with E-state index in [0.717, 1.165) is 24.8 Å². The maximum atomic E-state index is 11.9. The van der Waals surface area contributed by atoms with E-state index in [0.29, 0.717) is 30.8 Å². The summed E-state index contributed by atoms with van der Waals surface area (Å²) in [6.07, 6.45) is 3.84. The monoisotopic (exact) mass is 340 g/mol. The first-order chi connectivity index (χ1) is 12.1. The fourth-order valence-corrected chi connectivity index (χ4v) is 3.66. The van der Waals surface area contributed by atoms with E-state index in [1.807, 2.05) is 36.4 Å². The van der Waals surface area contributed by atoms with Crippen LogP contribution in [-0.4, -0.2) is 21.8 Å². The van der Waals surface area contributed by atoms with Gasteiger partial charge < -0.3 is 14.9 Å². The standard InChI is InChI=1S/C21H24O4/c22-20(23)19(21(24)12-5-2-6-13-21)17-10-7-11-18(14-17)25-15-16-8-3-1-4-9-16/h1,3-4,7-11,14,19,24H,2,5-6,12-13,15H2,(H,22,23). The highest BCUT2D eigenvalue weighted by Gasteiger charge is 2.43. The van der Waals surface area contributed by atoms with Crippen molar-refractivity contribution in [1.82, 2.24) is 0 Å². The van der Waals surface area contributed by atoms with E-state index in [9.17, 15) is 15.0 Å². The van der Waals surface area contributed by atoms with Crippen LogP contribution in [0.1, 0.15) is 49.1 Å². The molecule has 1 atom stereocenters. The molecule has 0 spiro atoms. The van der Waals surface area contributed by atoms with Gasteiger partial charge in [-0.15, -0.1) is 0 Å². The largest absolute Gasteiger partial charge is 0.489 e. The Morgan fingerprint density at radius 1 is 1.04 bits per heavy atom. The van der Waals surface area contributed by atoms with Crippen molar-refractivity contribution >= 4 is 5.97 Å². The van der Waals surface area contributed by atoms with Gasteiger partial charge in [0, 0.05) is 0 Å². The Kier molecular flexibility index (Phi) is 5.39. The number of hydrogen-bond donors (Lipinski definition) is 2. The van der Waals surface area contributed by atoms with Crippen LogP contribution in [0.5, 0.6) is 5.75 Å². The molecule has 4 heteroatoms. The molecular formula is C21H24O4. The average molecular weight is 340 g/mol. The summed E-state index contributed by atoms with van der Waals surface area (Å²) >= 11 is 0. The van der Waals surface area contributed by atoms with Crippen molar-refractivity contribution in [2.75, 3.05) is 0 Å². The number of benzene rings is 2. The lowest BCUT2D eigenvalue weighted by atomic mass is 9.73. The van der Waals surface area contributed by atoms with E-state index >= 15 is 0 Å². The van der Waals surface area contributed by atoms with Gasteiger partial charge in [-0.2, -0.15) is 0 Å². The van der Waals surface area contributed by atoms with Gasteiger partial charge in [0.05, 0.1) is 5.60 Å². The number of aliphatic carboxylic acids is 1. The molecule has 0 heterocycles. The van der Waals surface area contributed by atoms with Crippen LogP contribution in [0.25, 0.3) is 0 Å². The zero-order valence-electron chi connectivity index (χ0n) is 14.2. The molecule has 4 nitrogen and oxygen atoms in total. The van der Waals surface area contributed by atoms with Crippen LogP contribution in [0.4, 0.5) is 0 Å². The maximum absolute atomic E-state index is 11.9. The van der Waals surface area contributed by atoms with Crippen LogP contribution in [0, 0.1) is 0 Å². The molecule has 1 unspecified atom stereocenters. The van der Waals surface area contributed by atoms with Gasteiger partial charge in [-0.25, -0.2) is 0 Å². The molecule has 2 aromatic rings. The lowest BCUT2D eigenvalue weighted by molar-refractivity contribution is -0.147. The number of aliphatic hydroxyl groups is 1. The van der Waals surface area contributed by atoms with Gasteiger partial charge in [-0.1, -0.05) is 61.7 Å². The summed E-state index contributed by atoms with van der Waals surface area (Å²) in [4.78, 5) is 11.9. The molecule has 0 amide bonds. The molecule has 0 aliphatic heterocycles. The van der Waals surface area contributed by atoms with Crippen molar-refractivity contribution < 1.29 is 19.7 Å². The summed E-state index contributed by atoms with van der Waals surface area (Å²) in [5.74, 6) is -1.29. The number of rotatable bonds is 6. The van der Waals surface area contributed by atoms with E-state index in [4.69, 9.17) is 4.74 Å². The molecule has 0 bridgehead atoms. The first-order valence-corrected chi connectivity index (χ1v) is 8.80. The molecular weight excluding hydrogens is 316 g/mol. The third-order valence-corrected chi connectivity index (χ3v) is 4.94. The van der Waals surface area contributed by atoms with Gasteiger partial charge in [0.1, 0.15) is 18.3 Å². The third kappa shape index (κ3) is 4.20. The second-order valence-electron chi connectivity index (χ2n) is 6.78. The molecule has 0 radical (unpaired) electrons. The zero-order valence-corrected chi connectivity index (χ0v) is 14.2. The molecule has 25 heavy (non-hydrogen) atoms. The van der Waals surface area contributed by atoms with Crippen LogP contribution in [0.15, 0.2) is 54.6 Å². The number of carboxylic acid groups (broad SMARTS) is 1. The van der Waals surface area contributed by atoms with Crippen molar-refractivity contribution in [3.8, 4) is 5.75 Å². The van der Waals surface area contributed by atoms with Crippen molar-refractivity contribution in [3.63, 3.8) is 0 Å². The van der Waals surface area contributed by atoms with Crippen molar-refractivity contribution in [2.45, 2.75) is 50.2 Å². The fraction of sp³-hybridized carbons (Fsp3) is 0.381. The minimum absolute atomic E-state index is 0.423. The summed E-state index contributed by atoms with van der Waals surface area (Å²) in [5, 5.41) is 20.7. The smallest absolute Gasteiger partial charge is 0.313 e. The van der Waals surface area contributed by atoms with Crippen LogP contribution < -0.4 is 4.74 Å². The van der Waals surface area contributed by atoms with Crippen LogP contribution in [0.3, 0.4) is 0 Å². The molecule has 1 aliphatic carbocycles. The van der Waals surface area contributed by atoms with Crippen molar-refractivity contribution in [1.29, 1.82) is 0 Å². The third-order valence-electron chi connectivity index (χ3n) is 4.94. The van der Waals surface area contributed by atoms with Gasteiger partial charge in [0.15, 0.2) is 0 Å². The number of carboxylic acids is 1. The molecule has 132 valence electrons. The van der Waals surface area contributed by atoms with E-state index in [-0.39, 0.29) is 0 Å². The molecule has 0 saturated heterocycles. The van der Waals surface area contributed by atoms with E-state index < -0.39 is 17.5 Å². The van der Waals surface area contributed by atoms with Crippen LogP contribution in [0.2, 0.25) is 0 Å². The Hall–Kier alpha value is -2.33. The van der Waals surface area contributed by atoms with Gasteiger partial charge >= 0.3 is 5.97 Å². The highest BCUT2D eigenvalue weighted by atomic mass is 16.5. The van der Waals surface area contributed by atoms with Gasteiger partial charge in [-0.05, 0) is 36.1 Å². The van der Waals surface area contributed by atoms with E-state index in [2.05, 4.69) is 0 Å². The summed E-state index contributed by atoms with van der Waals surface area (Å²) in [6.45, 7) is 0.423. The van der Waals surface area contributed by atoms with Gasteiger partial charge in [0.2, 0.25) is 0 Å². The summed E-state index contributed by atoms with van der Waals surface area (Å²) in [5.41, 5.74) is 0.471. The van der Waals surface area contributed by atoms with Gasteiger partial charge in [-0.3, -0.25) is 4.79 Å². The Bertz CT molecular complexity index is 705. The van der Waals surface area contributed by atoms with Crippen LogP contribution in [-0.2, 0) is 11.4 Å². The Balaban J connectivity index is 1.79. The lowest BCUT2D eigenvalue weighted by Crippen LogP contribution is -2.42. The zero-order chi connectivity index (χ0) is 17.7. The first kappa shape index (κ1) is 17.5. The van der Waals surface area contributed by atoms with Crippen molar-refractivity contribution in [3.05, 3.63) is 65.7 Å². The molecule has 3 rings (SSSR count). The number of carbonyl (C=O) groups is 1. The fourth-order valence-electron chi connectivity index (χ4n) is 3.66. The van der Waals surface area contributed by atoms with Crippen molar-refractivity contribution in [2.24, 2.45) is 0 Å². The quantitative estimate of drug-likeness (QED) is 0.830. The first-order valence-electron chi connectivity index (χ1n) is 8.80. The normalized spacial score (nSPS) is 17.6. The summed E-state index contributed by atoms with van der Waals surface area (Å²) in [6, 6.07) is 16.9. The number of ether oxygens (including phenoxy) is 1.